The van der Waals surface area contributed by atoms with Gasteiger partial charge in [0.25, 0.3) is 5.88 Å². The summed E-state index contributed by atoms with van der Waals surface area (Å²) in [6.07, 6.45) is 8.65. The van der Waals surface area contributed by atoms with E-state index in [0.29, 0.717) is 35.4 Å². The fraction of sp³-hybridized carbons (Fsp3) is 0.429. The lowest BCUT2D eigenvalue weighted by molar-refractivity contribution is -0.167. The number of hydroxylamine groups is 3. The zero-order valence-corrected chi connectivity index (χ0v) is 21.9. The number of fused-ring (bicyclic) bond motifs is 2. The van der Waals surface area contributed by atoms with Gasteiger partial charge in [0.2, 0.25) is 5.88 Å². The summed E-state index contributed by atoms with van der Waals surface area (Å²) in [7, 11) is 0. The molecule has 9 nitrogen and oxygen atoms in total. The third-order valence-electron chi connectivity index (χ3n) is 7.17. The van der Waals surface area contributed by atoms with Gasteiger partial charge in [-0.25, -0.2) is 9.78 Å². The highest BCUT2D eigenvalue weighted by Gasteiger charge is 2.50. The normalized spacial score (nSPS) is 18.1. The van der Waals surface area contributed by atoms with E-state index in [1.54, 1.807) is 13.0 Å². The Bertz CT molecular complexity index is 1250. The van der Waals surface area contributed by atoms with Crippen LogP contribution in [0, 0.1) is 13.8 Å². The van der Waals surface area contributed by atoms with Crippen LogP contribution >= 0.6 is 0 Å². The molecule has 0 bridgehead atoms. The number of anilines is 2. The highest BCUT2D eigenvalue weighted by Crippen LogP contribution is 2.42. The van der Waals surface area contributed by atoms with Crippen LogP contribution in [0.25, 0.3) is 0 Å². The third kappa shape index (κ3) is 5.09. The molecule has 1 saturated heterocycles. The second-order valence-electron chi connectivity index (χ2n) is 9.91. The topological polar surface area (TPSA) is 97.0 Å². The fourth-order valence-electron chi connectivity index (χ4n) is 4.94. The Hall–Kier alpha value is -3.72. The van der Waals surface area contributed by atoms with E-state index in [1.165, 1.54) is 23.7 Å². The molecule has 9 heteroatoms. The average Bonchev–Trinajstić information content (AvgIpc) is 3.23. The van der Waals surface area contributed by atoms with Gasteiger partial charge in [-0.1, -0.05) is 24.6 Å². The van der Waals surface area contributed by atoms with Gasteiger partial charge < -0.3 is 25.0 Å². The number of nitrogens with zero attached hydrogens (tertiary/aromatic N) is 2. The summed E-state index contributed by atoms with van der Waals surface area (Å²) in [5.74, 6) is 1.35. The Morgan fingerprint density at radius 2 is 1.97 bits per heavy atom. The Kier molecular flexibility index (Phi) is 6.97. The Morgan fingerprint density at radius 3 is 2.73 bits per heavy atom. The minimum Gasteiger partial charge on any atom is -0.462 e. The van der Waals surface area contributed by atoms with E-state index in [-0.39, 0.29) is 6.61 Å². The van der Waals surface area contributed by atoms with Gasteiger partial charge in [-0.05, 0) is 70.1 Å². The van der Waals surface area contributed by atoms with Gasteiger partial charge in [-0.2, -0.15) is 0 Å². The molecule has 1 aliphatic carbocycles. The van der Waals surface area contributed by atoms with Crippen LogP contribution in [0.4, 0.5) is 11.5 Å². The molecule has 1 aromatic carbocycles. The first-order chi connectivity index (χ1) is 17.9. The number of benzene rings is 1. The van der Waals surface area contributed by atoms with Crippen molar-refractivity contribution in [2.24, 2.45) is 0 Å². The molecule has 5 rings (SSSR count). The van der Waals surface area contributed by atoms with E-state index < -0.39 is 11.6 Å². The molecule has 0 unspecified atom stereocenters. The van der Waals surface area contributed by atoms with E-state index in [2.05, 4.69) is 53.1 Å². The first kappa shape index (κ1) is 25.0. The molecule has 3 aliphatic rings. The Morgan fingerprint density at radius 1 is 1.16 bits per heavy atom. The van der Waals surface area contributed by atoms with Crippen molar-refractivity contribution in [2.45, 2.75) is 72.0 Å². The maximum absolute atomic E-state index is 12.7. The minimum atomic E-state index is -0.447. The number of hydrogen-bond acceptors (Lipinski definition) is 9. The zero-order valence-electron chi connectivity index (χ0n) is 21.9. The van der Waals surface area contributed by atoms with E-state index in [0.717, 1.165) is 36.8 Å². The molecule has 3 heterocycles. The maximum atomic E-state index is 12.7. The number of pyridine rings is 1. The summed E-state index contributed by atoms with van der Waals surface area (Å²) < 4.78 is 5.28. The monoisotopic (exact) mass is 505 g/mol. The van der Waals surface area contributed by atoms with Gasteiger partial charge in [0.05, 0.1) is 12.3 Å². The van der Waals surface area contributed by atoms with Crippen molar-refractivity contribution in [3.05, 3.63) is 76.1 Å². The largest absolute Gasteiger partial charge is 0.462 e. The molecule has 196 valence electrons. The Balaban J connectivity index is 1.39. The highest BCUT2D eigenvalue weighted by molar-refractivity contribution is 5.96. The maximum Gasteiger partial charge on any atom is 0.341 e. The van der Waals surface area contributed by atoms with Crippen LogP contribution in [-0.4, -0.2) is 28.3 Å². The molecule has 2 fully saturated rings. The van der Waals surface area contributed by atoms with Gasteiger partial charge >= 0.3 is 5.97 Å². The van der Waals surface area contributed by atoms with Crippen molar-refractivity contribution in [3.8, 4) is 0 Å². The molecule has 0 atom stereocenters. The summed E-state index contributed by atoms with van der Waals surface area (Å²) in [5, 5.41) is 8.51. The van der Waals surface area contributed by atoms with E-state index in [1.807, 2.05) is 18.1 Å². The van der Waals surface area contributed by atoms with Crippen LogP contribution in [0.5, 0.6) is 0 Å². The molecule has 0 amide bonds. The Labute approximate surface area is 217 Å². The van der Waals surface area contributed by atoms with Crippen LogP contribution in [-0.2, 0) is 21.0 Å². The second-order valence-corrected chi connectivity index (χ2v) is 9.91. The lowest BCUT2D eigenvalue weighted by atomic mass is 9.89. The predicted octanol–water partition coefficient (Wildman–Crippen LogP) is 5.41. The fourth-order valence-corrected chi connectivity index (χ4v) is 4.94. The number of carbonyl (C=O) groups is 1. The molecular formula is C28H35N5O4. The number of hydrogen-bond donors (Lipinski definition) is 3. The van der Waals surface area contributed by atoms with Crippen molar-refractivity contribution in [2.75, 3.05) is 17.2 Å². The molecule has 1 saturated carbocycles. The summed E-state index contributed by atoms with van der Waals surface area (Å²) in [6, 6.07) is 8.18. The number of allylic oxidation sites excluding steroid dienone is 2. The molecule has 0 radical (unpaired) electrons. The van der Waals surface area contributed by atoms with Crippen LogP contribution in [0.1, 0.15) is 73.0 Å². The average molecular weight is 506 g/mol. The van der Waals surface area contributed by atoms with Crippen LogP contribution in [0.2, 0.25) is 0 Å². The van der Waals surface area contributed by atoms with Crippen LogP contribution < -0.4 is 16.1 Å². The van der Waals surface area contributed by atoms with Gasteiger partial charge in [0.15, 0.2) is 5.66 Å². The van der Waals surface area contributed by atoms with Crippen molar-refractivity contribution in [1.29, 1.82) is 0 Å². The molecule has 1 spiro atoms. The van der Waals surface area contributed by atoms with Crippen molar-refractivity contribution < 1.29 is 19.2 Å². The summed E-state index contributed by atoms with van der Waals surface area (Å²) in [5.41, 5.74) is 8.27. The SMILES string of the molecule is CCOC(=O)c1cnc(NCc2ccc(C)c(C)c2)cc1NC1=CC(C)=C2ONC3(CCCCC3)N2O1. The minimum absolute atomic E-state index is 0.273. The molecule has 2 aliphatic heterocycles. The van der Waals surface area contributed by atoms with Crippen molar-refractivity contribution in [3.63, 3.8) is 0 Å². The summed E-state index contributed by atoms with van der Waals surface area (Å²) in [4.78, 5) is 29.3. The molecule has 37 heavy (non-hydrogen) atoms. The van der Waals surface area contributed by atoms with Crippen molar-refractivity contribution >= 4 is 17.5 Å². The number of aromatic nitrogens is 1. The van der Waals surface area contributed by atoms with Crippen LogP contribution in [0.15, 0.2) is 53.9 Å². The van der Waals surface area contributed by atoms with E-state index >= 15 is 0 Å². The molecule has 1 aromatic heterocycles. The zero-order chi connectivity index (χ0) is 26.0. The van der Waals surface area contributed by atoms with Gasteiger partial charge in [-0.15, -0.1) is 10.5 Å². The number of carbonyl (C=O) groups excluding carboxylic acids is 1. The number of esters is 1. The van der Waals surface area contributed by atoms with Gasteiger partial charge in [0, 0.05) is 30.5 Å². The highest BCUT2D eigenvalue weighted by atomic mass is 16.8. The van der Waals surface area contributed by atoms with Crippen LogP contribution in [0.3, 0.4) is 0 Å². The molecule has 2 aromatic rings. The van der Waals surface area contributed by atoms with Crippen molar-refractivity contribution in [1.82, 2.24) is 15.5 Å². The molecular weight excluding hydrogens is 470 g/mol. The van der Waals surface area contributed by atoms with Gasteiger partial charge in [-0.3, -0.25) is 0 Å². The molecule has 3 N–H and O–H groups in total. The number of aryl methyl sites for hydroxylation is 2. The quantitative estimate of drug-likeness (QED) is 0.427. The van der Waals surface area contributed by atoms with E-state index in [9.17, 15) is 4.79 Å². The third-order valence-corrected chi connectivity index (χ3v) is 7.17. The number of rotatable bonds is 7. The summed E-state index contributed by atoms with van der Waals surface area (Å²) >= 11 is 0. The number of ether oxygens (including phenoxy) is 1. The smallest absolute Gasteiger partial charge is 0.341 e. The first-order valence-corrected chi connectivity index (χ1v) is 13.0. The number of nitrogens with one attached hydrogen (secondary N) is 3. The lowest BCUT2D eigenvalue weighted by Gasteiger charge is -2.39. The predicted molar refractivity (Wildman–Crippen MR) is 141 cm³/mol. The first-order valence-electron chi connectivity index (χ1n) is 13.0. The summed E-state index contributed by atoms with van der Waals surface area (Å²) in [6.45, 7) is 8.84. The van der Waals surface area contributed by atoms with E-state index in [4.69, 9.17) is 14.4 Å². The standard InChI is InChI=1S/C28H35N5O4/c1-5-35-27(34)22-17-30-24(29-16-21-10-9-18(2)19(3)13-21)15-23(22)31-25-14-20(4)26-33(37-25)28(32-36-26)11-7-6-8-12-28/h9-10,13-15,17,32H,5-8,11-12,16H2,1-4H3,(H2,29,30,31). The lowest BCUT2D eigenvalue weighted by Crippen LogP contribution is -2.52. The van der Waals surface area contributed by atoms with Gasteiger partial charge in [0.1, 0.15) is 11.4 Å². The second kappa shape index (κ2) is 10.3.